The molecule has 0 radical (unpaired) electrons. The number of nitrogens with zero attached hydrogens (tertiary/aromatic N) is 3. The van der Waals surface area contributed by atoms with Crippen LogP contribution in [-0.2, 0) is 0 Å². The third-order valence-corrected chi connectivity index (χ3v) is 3.82. The average molecular weight is 305 g/mol. The van der Waals surface area contributed by atoms with E-state index in [4.69, 9.17) is 0 Å². The van der Waals surface area contributed by atoms with Gasteiger partial charge in [0, 0.05) is 5.56 Å². The maximum atomic E-state index is 9.49. The molecule has 0 spiro atoms. The highest BCUT2D eigenvalue weighted by atomic mass is 14.3. The van der Waals surface area contributed by atoms with E-state index in [0.717, 1.165) is 16.7 Å². The molecule has 3 aromatic carbocycles. The fourth-order valence-corrected chi connectivity index (χ4v) is 2.69. The van der Waals surface area contributed by atoms with Crippen LogP contribution < -0.4 is 0 Å². The summed E-state index contributed by atoms with van der Waals surface area (Å²) in [6.45, 7) is 0. The van der Waals surface area contributed by atoms with Gasteiger partial charge in [0.1, 0.15) is 12.1 Å². The number of rotatable bonds is 2. The maximum absolute atomic E-state index is 9.49. The van der Waals surface area contributed by atoms with Gasteiger partial charge in [0.15, 0.2) is 0 Å². The van der Waals surface area contributed by atoms with Crippen molar-refractivity contribution in [3.05, 3.63) is 83.4 Å². The van der Waals surface area contributed by atoms with Crippen molar-refractivity contribution >= 4 is 0 Å². The molecule has 0 atom stereocenters. The van der Waals surface area contributed by atoms with E-state index in [2.05, 4.69) is 12.1 Å². The predicted octanol–water partition coefficient (Wildman–Crippen LogP) is 4.64. The fourth-order valence-electron chi connectivity index (χ4n) is 2.69. The van der Waals surface area contributed by atoms with Crippen LogP contribution in [0.25, 0.3) is 22.3 Å². The van der Waals surface area contributed by atoms with Crippen LogP contribution in [0.2, 0.25) is 0 Å². The second-order valence-corrected chi connectivity index (χ2v) is 5.19. The molecule has 0 aliphatic heterocycles. The molecular weight excluding hydrogens is 294 g/mol. The van der Waals surface area contributed by atoms with Crippen LogP contribution in [0.3, 0.4) is 0 Å². The molecule has 3 nitrogen and oxygen atoms in total. The minimum Gasteiger partial charge on any atom is -0.192 e. The van der Waals surface area contributed by atoms with Gasteiger partial charge in [-0.2, -0.15) is 15.8 Å². The molecule has 0 bridgehead atoms. The molecule has 0 aliphatic carbocycles. The van der Waals surface area contributed by atoms with Gasteiger partial charge in [-0.05, 0) is 34.9 Å². The van der Waals surface area contributed by atoms with Gasteiger partial charge in [-0.3, -0.25) is 0 Å². The minimum atomic E-state index is 0.238. The molecule has 3 aromatic rings. The molecule has 24 heavy (non-hydrogen) atoms. The summed E-state index contributed by atoms with van der Waals surface area (Å²) < 4.78 is 0. The van der Waals surface area contributed by atoms with Crippen molar-refractivity contribution in [2.75, 3.05) is 0 Å². The lowest BCUT2D eigenvalue weighted by atomic mass is 9.90. The molecule has 110 valence electrons. The first-order chi connectivity index (χ1) is 11.8. The van der Waals surface area contributed by atoms with Crippen molar-refractivity contribution in [3.8, 4) is 40.5 Å². The Labute approximate surface area is 140 Å². The van der Waals surface area contributed by atoms with E-state index < -0.39 is 0 Å². The average Bonchev–Trinajstić information content (AvgIpc) is 2.67. The van der Waals surface area contributed by atoms with E-state index in [1.54, 1.807) is 6.07 Å². The smallest absolute Gasteiger partial charge is 0.101 e. The summed E-state index contributed by atoms with van der Waals surface area (Å²) in [5.41, 5.74) is 4.20. The van der Waals surface area contributed by atoms with E-state index >= 15 is 0 Å². The summed E-state index contributed by atoms with van der Waals surface area (Å²) in [4.78, 5) is 0. The van der Waals surface area contributed by atoms with Crippen molar-refractivity contribution in [2.45, 2.75) is 0 Å². The van der Waals surface area contributed by atoms with E-state index in [9.17, 15) is 15.8 Å². The molecule has 0 aliphatic rings. The van der Waals surface area contributed by atoms with Crippen LogP contribution in [0.4, 0.5) is 0 Å². The Morgan fingerprint density at radius 2 is 1.17 bits per heavy atom. The maximum Gasteiger partial charge on any atom is 0.101 e. The summed E-state index contributed by atoms with van der Waals surface area (Å²) in [6, 6.07) is 26.8. The predicted molar refractivity (Wildman–Crippen MR) is 91.5 cm³/mol. The Morgan fingerprint density at radius 1 is 0.542 bits per heavy atom. The molecule has 3 heteroatoms. The van der Waals surface area contributed by atoms with Crippen LogP contribution in [0.5, 0.6) is 0 Å². The van der Waals surface area contributed by atoms with Gasteiger partial charge < -0.3 is 0 Å². The lowest BCUT2D eigenvalue weighted by molar-refractivity contribution is 1.40. The van der Waals surface area contributed by atoms with E-state index in [1.165, 1.54) is 6.07 Å². The zero-order chi connectivity index (χ0) is 16.9. The fraction of sp³-hybridized carbons (Fsp3) is 0. The Balaban J connectivity index is 2.26. The number of hydrogen-bond acceptors (Lipinski definition) is 3. The molecule has 0 aromatic heterocycles. The molecule has 0 fully saturated rings. The topological polar surface area (TPSA) is 71.4 Å². The SMILES string of the molecule is N#Cc1ccc(C#N)c(-c2cccc(-c3ccccc3)c2)c1C#N. The summed E-state index contributed by atoms with van der Waals surface area (Å²) in [7, 11) is 0. The van der Waals surface area contributed by atoms with E-state index in [1.807, 2.05) is 60.7 Å². The van der Waals surface area contributed by atoms with Gasteiger partial charge in [-0.15, -0.1) is 0 Å². The van der Waals surface area contributed by atoms with Gasteiger partial charge in [-0.1, -0.05) is 48.5 Å². The third-order valence-electron chi connectivity index (χ3n) is 3.82. The van der Waals surface area contributed by atoms with Gasteiger partial charge in [0.2, 0.25) is 0 Å². The zero-order valence-corrected chi connectivity index (χ0v) is 12.7. The van der Waals surface area contributed by atoms with E-state index in [0.29, 0.717) is 11.1 Å². The van der Waals surface area contributed by atoms with Gasteiger partial charge in [0.05, 0.1) is 22.8 Å². The Bertz CT molecular complexity index is 1030. The highest BCUT2D eigenvalue weighted by Gasteiger charge is 2.15. The molecule has 0 heterocycles. The molecular formula is C21H11N3. The van der Waals surface area contributed by atoms with Crippen molar-refractivity contribution in [1.29, 1.82) is 15.8 Å². The normalized spacial score (nSPS) is 9.54. The van der Waals surface area contributed by atoms with E-state index in [-0.39, 0.29) is 11.1 Å². The van der Waals surface area contributed by atoms with Crippen molar-refractivity contribution in [2.24, 2.45) is 0 Å². The molecule has 3 rings (SSSR count). The van der Waals surface area contributed by atoms with Crippen molar-refractivity contribution in [3.63, 3.8) is 0 Å². The number of nitriles is 3. The first-order valence-electron chi connectivity index (χ1n) is 7.31. The molecule has 0 saturated heterocycles. The number of hydrogen-bond donors (Lipinski definition) is 0. The standard InChI is InChI=1S/C21H11N3/c22-12-18-9-10-19(13-23)21(20(18)14-24)17-8-4-7-16(11-17)15-5-2-1-3-6-15/h1-11H. The molecule has 0 amide bonds. The van der Waals surface area contributed by atoms with Crippen molar-refractivity contribution < 1.29 is 0 Å². The molecule has 0 saturated carbocycles. The lowest BCUT2D eigenvalue weighted by Crippen LogP contribution is -1.94. The number of benzene rings is 3. The third kappa shape index (κ3) is 2.61. The second-order valence-electron chi connectivity index (χ2n) is 5.19. The zero-order valence-electron chi connectivity index (χ0n) is 12.7. The van der Waals surface area contributed by atoms with Crippen LogP contribution in [0, 0.1) is 34.0 Å². The Morgan fingerprint density at radius 3 is 1.83 bits per heavy atom. The van der Waals surface area contributed by atoms with Gasteiger partial charge in [0.25, 0.3) is 0 Å². The summed E-state index contributed by atoms with van der Waals surface area (Å²) in [5.74, 6) is 0. The monoisotopic (exact) mass is 305 g/mol. The largest absolute Gasteiger partial charge is 0.192 e. The summed E-state index contributed by atoms with van der Waals surface area (Å²) in [5, 5.41) is 28.1. The van der Waals surface area contributed by atoms with Crippen LogP contribution in [0.1, 0.15) is 16.7 Å². The highest BCUT2D eigenvalue weighted by molar-refractivity contribution is 5.82. The van der Waals surface area contributed by atoms with Crippen LogP contribution in [0.15, 0.2) is 66.7 Å². The van der Waals surface area contributed by atoms with Crippen LogP contribution in [-0.4, -0.2) is 0 Å². The van der Waals surface area contributed by atoms with Crippen LogP contribution >= 0.6 is 0 Å². The highest BCUT2D eigenvalue weighted by Crippen LogP contribution is 2.32. The Hall–Kier alpha value is -3.87. The van der Waals surface area contributed by atoms with Crippen molar-refractivity contribution in [1.82, 2.24) is 0 Å². The second kappa shape index (κ2) is 6.49. The van der Waals surface area contributed by atoms with Gasteiger partial charge in [-0.25, -0.2) is 0 Å². The quantitative estimate of drug-likeness (QED) is 0.692. The van der Waals surface area contributed by atoms with Gasteiger partial charge >= 0.3 is 0 Å². The first kappa shape index (κ1) is 15.0. The molecule has 0 N–H and O–H groups in total. The Kier molecular flexibility index (Phi) is 4.07. The minimum absolute atomic E-state index is 0.238. The lowest BCUT2D eigenvalue weighted by Gasteiger charge is -2.10. The summed E-state index contributed by atoms with van der Waals surface area (Å²) >= 11 is 0. The summed E-state index contributed by atoms with van der Waals surface area (Å²) in [6.07, 6.45) is 0. The molecule has 0 unspecified atom stereocenters. The first-order valence-corrected chi connectivity index (χ1v) is 7.31.